The Morgan fingerprint density at radius 2 is 1.91 bits per heavy atom. The van der Waals surface area contributed by atoms with E-state index in [-0.39, 0.29) is 41.5 Å². The lowest BCUT2D eigenvalue weighted by Gasteiger charge is -2.33. The molecule has 2 heterocycles. The number of aromatic nitrogens is 1. The van der Waals surface area contributed by atoms with Crippen LogP contribution in [0.2, 0.25) is 0 Å². The zero-order valence-electron chi connectivity index (χ0n) is 18.4. The second-order valence-corrected chi connectivity index (χ2v) is 10.1. The first-order valence-corrected chi connectivity index (χ1v) is 12.0. The fraction of sp³-hybridized carbons (Fsp3) is 0.280. The molecule has 1 aliphatic heterocycles. The molecular weight excluding hydrogens is 424 g/mol. The fourth-order valence-corrected chi connectivity index (χ4v) is 5.46. The molecule has 32 heavy (non-hydrogen) atoms. The number of rotatable bonds is 6. The van der Waals surface area contributed by atoms with Gasteiger partial charge in [0.2, 0.25) is 5.88 Å². The highest BCUT2D eigenvalue weighted by Crippen LogP contribution is 2.36. The number of nitrogens with zero attached hydrogens (tertiary/aromatic N) is 2. The summed E-state index contributed by atoms with van der Waals surface area (Å²) in [5.74, 6) is 0.0269. The number of anilines is 1. The molecule has 0 aliphatic carbocycles. The molecule has 1 aromatic heterocycles. The van der Waals surface area contributed by atoms with Gasteiger partial charge in [0, 0.05) is 18.5 Å². The highest BCUT2D eigenvalue weighted by atomic mass is 32.2. The van der Waals surface area contributed by atoms with Gasteiger partial charge in [-0.15, -0.1) is 0 Å². The molecule has 0 saturated heterocycles. The van der Waals surface area contributed by atoms with E-state index < -0.39 is 10.0 Å². The summed E-state index contributed by atoms with van der Waals surface area (Å²) in [6.45, 7) is 5.71. The van der Waals surface area contributed by atoms with Crippen LogP contribution < -0.4 is 9.04 Å². The van der Waals surface area contributed by atoms with Gasteiger partial charge in [0.1, 0.15) is 17.6 Å². The van der Waals surface area contributed by atoms with Gasteiger partial charge in [0.15, 0.2) is 0 Å². The lowest BCUT2D eigenvalue weighted by molar-refractivity contribution is -0.119. The molecule has 0 saturated carbocycles. The summed E-state index contributed by atoms with van der Waals surface area (Å²) in [7, 11) is -3.81. The Bertz CT molecular complexity index is 1240. The van der Waals surface area contributed by atoms with Crippen LogP contribution in [0.4, 0.5) is 5.69 Å². The molecule has 166 valence electrons. The molecule has 6 nitrogen and oxygen atoms in total. The topological polar surface area (TPSA) is 76.6 Å². The molecule has 3 aromatic rings. The first kappa shape index (κ1) is 22.0. The van der Waals surface area contributed by atoms with Gasteiger partial charge in [-0.3, -0.25) is 9.10 Å². The number of pyridine rings is 1. The maximum Gasteiger partial charge on any atom is 0.264 e. The van der Waals surface area contributed by atoms with Gasteiger partial charge in [0.25, 0.3) is 10.0 Å². The summed E-state index contributed by atoms with van der Waals surface area (Å²) < 4.78 is 34.0. The highest BCUT2D eigenvalue weighted by Gasteiger charge is 2.34. The van der Waals surface area contributed by atoms with E-state index in [0.717, 1.165) is 11.1 Å². The van der Waals surface area contributed by atoms with Crippen LogP contribution >= 0.6 is 0 Å². The van der Waals surface area contributed by atoms with Gasteiger partial charge in [0.05, 0.1) is 11.4 Å². The van der Waals surface area contributed by atoms with Gasteiger partial charge in [-0.05, 0) is 48.7 Å². The molecule has 1 aliphatic rings. The van der Waals surface area contributed by atoms with Gasteiger partial charge < -0.3 is 4.74 Å². The first-order valence-electron chi connectivity index (χ1n) is 10.6. The second-order valence-electron chi connectivity index (χ2n) is 8.22. The van der Waals surface area contributed by atoms with E-state index >= 15 is 0 Å². The molecule has 0 fully saturated rings. The minimum atomic E-state index is -3.81. The van der Waals surface area contributed by atoms with Crippen molar-refractivity contribution in [3.05, 3.63) is 83.6 Å². The average Bonchev–Trinajstić information content (AvgIpc) is 2.78. The number of benzene rings is 2. The van der Waals surface area contributed by atoms with Crippen molar-refractivity contribution in [2.45, 2.75) is 44.1 Å². The third-order valence-electron chi connectivity index (χ3n) is 5.63. The Balaban J connectivity index is 1.66. The number of hydrogen-bond donors (Lipinski definition) is 0. The van der Waals surface area contributed by atoms with Gasteiger partial charge in [-0.2, -0.15) is 0 Å². The van der Waals surface area contributed by atoms with E-state index in [4.69, 9.17) is 4.74 Å². The summed E-state index contributed by atoms with van der Waals surface area (Å²) >= 11 is 0. The van der Waals surface area contributed by atoms with Crippen LogP contribution in [0.1, 0.15) is 36.5 Å². The number of carbonyl (C=O) groups excluding carboxylic acids is 1. The first-order chi connectivity index (χ1) is 15.3. The van der Waals surface area contributed by atoms with Crippen molar-refractivity contribution >= 4 is 21.5 Å². The standard InChI is InChI=1S/C25H26N2O4S/c1-17-8-7-11-22(12-17)32(29,30)27-16-18(2)31-25-23(27)13-20(15-26-25)14-24(28)19(3)21-9-5-4-6-10-21/h4-13,15,18-19H,14,16H2,1-3H3/t18-,19-/m0/s1. The number of aryl methyl sites for hydroxylation is 1. The zero-order valence-corrected chi connectivity index (χ0v) is 19.2. The van der Waals surface area contributed by atoms with Crippen molar-refractivity contribution in [2.24, 2.45) is 0 Å². The third kappa shape index (κ3) is 4.39. The quantitative estimate of drug-likeness (QED) is 0.560. The molecule has 0 N–H and O–H groups in total. The van der Waals surface area contributed by atoms with Crippen LogP contribution in [-0.2, 0) is 21.2 Å². The highest BCUT2D eigenvalue weighted by molar-refractivity contribution is 7.92. The number of hydrogen-bond acceptors (Lipinski definition) is 5. The van der Waals surface area contributed by atoms with Crippen LogP contribution in [0.5, 0.6) is 5.88 Å². The Labute approximate surface area is 188 Å². The third-order valence-corrected chi connectivity index (χ3v) is 7.41. The van der Waals surface area contributed by atoms with Crippen molar-refractivity contribution in [1.82, 2.24) is 4.98 Å². The van der Waals surface area contributed by atoms with Gasteiger partial charge in [-0.1, -0.05) is 49.4 Å². The summed E-state index contributed by atoms with van der Waals surface area (Å²) in [6, 6.07) is 18.1. The predicted octanol–water partition coefficient (Wildman–Crippen LogP) is 4.28. The van der Waals surface area contributed by atoms with E-state index in [1.165, 1.54) is 4.31 Å². The van der Waals surface area contributed by atoms with Crippen LogP contribution in [-0.4, -0.2) is 31.8 Å². The summed E-state index contributed by atoms with van der Waals surface area (Å²) in [6.07, 6.45) is 1.40. The summed E-state index contributed by atoms with van der Waals surface area (Å²) in [4.78, 5) is 17.4. The number of fused-ring (bicyclic) bond motifs is 1. The minimum Gasteiger partial charge on any atom is -0.471 e. The Morgan fingerprint density at radius 3 is 2.62 bits per heavy atom. The molecular formula is C25H26N2O4S. The molecule has 0 amide bonds. The fourth-order valence-electron chi connectivity index (χ4n) is 3.82. The molecule has 2 atom stereocenters. The molecule has 0 spiro atoms. The van der Waals surface area contributed by atoms with Crippen molar-refractivity contribution in [3.8, 4) is 5.88 Å². The number of ketones is 1. The largest absolute Gasteiger partial charge is 0.471 e. The van der Waals surface area contributed by atoms with Crippen molar-refractivity contribution in [3.63, 3.8) is 0 Å². The maximum atomic E-state index is 13.5. The second kappa shape index (κ2) is 8.74. The lowest BCUT2D eigenvalue weighted by atomic mass is 9.93. The van der Waals surface area contributed by atoms with Crippen molar-refractivity contribution in [2.75, 3.05) is 10.8 Å². The predicted molar refractivity (Wildman–Crippen MR) is 124 cm³/mol. The van der Waals surface area contributed by atoms with Crippen molar-refractivity contribution in [1.29, 1.82) is 0 Å². The minimum absolute atomic E-state index is 0.0381. The monoisotopic (exact) mass is 450 g/mol. The molecule has 4 rings (SSSR count). The smallest absolute Gasteiger partial charge is 0.264 e. The van der Waals surface area contributed by atoms with E-state index in [9.17, 15) is 13.2 Å². The lowest BCUT2D eigenvalue weighted by Crippen LogP contribution is -2.42. The summed E-state index contributed by atoms with van der Waals surface area (Å²) in [5.41, 5.74) is 2.82. The number of Topliss-reactive ketones (excluding diaryl/α,β-unsaturated/α-hetero) is 1. The normalized spacial score (nSPS) is 16.7. The van der Waals surface area contributed by atoms with Gasteiger partial charge in [-0.25, -0.2) is 13.4 Å². The van der Waals surface area contributed by atoms with Crippen LogP contribution in [0.3, 0.4) is 0 Å². The maximum absolute atomic E-state index is 13.5. The van der Waals surface area contributed by atoms with Gasteiger partial charge >= 0.3 is 0 Å². The van der Waals surface area contributed by atoms with Crippen molar-refractivity contribution < 1.29 is 17.9 Å². The molecule has 2 aromatic carbocycles. The SMILES string of the molecule is Cc1cccc(S(=O)(=O)N2C[C@H](C)Oc3ncc(CC(=O)[C@@H](C)c4ccccc4)cc32)c1. The Hall–Kier alpha value is -3.19. The van der Waals surface area contributed by atoms with E-state index in [0.29, 0.717) is 11.3 Å². The Morgan fingerprint density at radius 1 is 1.16 bits per heavy atom. The zero-order chi connectivity index (χ0) is 22.9. The molecule has 0 radical (unpaired) electrons. The Kier molecular flexibility index (Phi) is 6.02. The van der Waals surface area contributed by atoms with Crippen LogP contribution in [0.25, 0.3) is 0 Å². The van der Waals surface area contributed by atoms with Crippen LogP contribution in [0, 0.1) is 6.92 Å². The number of carbonyl (C=O) groups is 1. The average molecular weight is 451 g/mol. The van der Waals surface area contributed by atoms with E-state index in [2.05, 4.69) is 4.98 Å². The van der Waals surface area contributed by atoms with Crippen LogP contribution in [0.15, 0.2) is 71.8 Å². The molecule has 0 bridgehead atoms. The number of ether oxygens (including phenoxy) is 1. The molecule has 7 heteroatoms. The van der Waals surface area contributed by atoms with E-state index in [1.54, 1.807) is 30.5 Å². The van der Waals surface area contributed by atoms with E-state index in [1.807, 2.05) is 57.2 Å². The number of sulfonamides is 1. The summed E-state index contributed by atoms with van der Waals surface area (Å²) in [5, 5.41) is 0. The molecule has 0 unspecified atom stereocenters.